The molecule has 1 aromatic heterocycles. The molecule has 0 spiro atoms. The molecular weight excluding hydrogens is 464 g/mol. The lowest BCUT2D eigenvalue weighted by molar-refractivity contribution is -0.131. The second kappa shape index (κ2) is 13.0. The first-order valence-corrected chi connectivity index (χ1v) is 13.4. The largest absolute Gasteiger partial charge is 0.449 e. The minimum absolute atomic E-state index is 0.0615. The van der Waals surface area contributed by atoms with Crippen LogP contribution in [0.25, 0.3) is 0 Å². The molecule has 2 aromatic rings. The number of carbonyl (C=O) groups excluding carboxylic acids is 2. The highest BCUT2D eigenvalue weighted by Gasteiger charge is 2.39. The quantitative estimate of drug-likeness (QED) is 0.355. The molecule has 0 radical (unpaired) electrons. The number of unbranched alkanes of at least 4 members (excludes halogenated alkanes) is 1. The van der Waals surface area contributed by atoms with Crippen molar-refractivity contribution >= 4 is 23.8 Å². The molecule has 1 saturated carbocycles. The second-order valence-corrected chi connectivity index (χ2v) is 10.5. The average molecular weight is 503 g/mol. The van der Waals surface area contributed by atoms with Gasteiger partial charge in [-0.2, -0.15) is 0 Å². The lowest BCUT2D eigenvalue weighted by atomic mass is 9.71. The van der Waals surface area contributed by atoms with E-state index in [9.17, 15) is 14.7 Å². The number of rotatable bonds is 13. The van der Waals surface area contributed by atoms with Crippen LogP contribution in [0.3, 0.4) is 0 Å². The van der Waals surface area contributed by atoms with Gasteiger partial charge in [-0.15, -0.1) is 0 Å². The summed E-state index contributed by atoms with van der Waals surface area (Å²) in [5.74, 6) is 0.317. The van der Waals surface area contributed by atoms with E-state index in [-0.39, 0.29) is 11.5 Å². The number of thioether (sulfide) groups is 1. The predicted octanol–water partition coefficient (Wildman–Crippen LogP) is 4.21. The lowest BCUT2D eigenvalue weighted by Gasteiger charge is -2.40. The predicted molar refractivity (Wildman–Crippen MR) is 137 cm³/mol. The number of alkyl carbamates (subject to hydrolysis) is 1. The van der Waals surface area contributed by atoms with E-state index in [0.717, 1.165) is 48.6 Å². The number of ether oxygens (including phenoxy) is 1. The Labute approximate surface area is 212 Å². The average Bonchev–Trinajstić information content (AvgIpc) is 3.25. The Hall–Kier alpha value is -2.52. The molecule has 1 unspecified atom stereocenters. The fourth-order valence-corrected chi connectivity index (χ4v) is 5.37. The van der Waals surface area contributed by atoms with Crippen molar-refractivity contribution in [2.24, 2.45) is 12.5 Å². The van der Waals surface area contributed by atoms with Crippen LogP contribution in [0.1, 0.15) is 64.0 Å². The van der Waals surface area contributed by atoms with Gasteiger partial charge in [-0.05, 0) is 31.7 Å². The molecule has 192 valence electrons. The van der Waals surface area contributed by atoms with Gasteiger partial charge in [-0.1, -0.05) is 68.3 Å². The van der Waals surface area contributed by atoms with Crippen LogP contribution in [0.5, 0.6) is 0 Å². The van der Waals surface area contributed by atoms with Gasteiger partial charge in [0.15, 0.2) is 11.3 Å². The van der Waals surface area contributed by atoms with Gasteiger partial charge in [-0.3, -0.25) is 4.79 Å². The summed E-state index contributed by atoms with van der Waals surface area (Å²) in [6.07, 6.45) is 6.99. The smallest absolute Gasteiger partial charge is 0.407 e. The van der Waals surface area contributed by atoms with Gasteiger partial charge in [0.25, 0.3) is 5.91 Å². The van der Waals surface area contributed by atoms with Crippen molar-refractivity contribution in [2.45, 2.75) is 75.7 Å². The Morgan fingerprint density at radius 1 is 1.26 bits per heavy atom. The number of amides is 2. The summed E-state index contributed by atoms with van der Waals surface area (Å²) in [7, 11) is 1.96. The van der Waals surface area contributed by atoms with Crippen molar-refractivity contribution in [3.8, 4) is 0 Å². The highest BCUT2D eigenvalue weighted by atomic mass is 32.2. The van der Waals surface area contributed by atoms with E-state index in [4.69, 9.17) is 4.74 Å². The summed E-state index contributed by atoms with van der Waals surface area (Å²) in [5, 5.41) is 17.3. The van der Waals surface area contributed by atoms with Gasteiger partial charge < -0.3 is 25.0 Å². The standard InChI is InChI=1S/C26H38N4O4S/c1-4-5-12-21(22(31)23(32)28-19(2)20-10-7-6-8-11-20)29-25(33)34-17-26(13-9-14-26)18-35-24-27-15-16-30(24)3/h6-8,10-11,15-16,19,21-22,31H,4-5,9,12-14,17-18H2,1-3H3,(H,28,32)(H,29,33)/t19-,21+,22?/m1/s1. The summed E-state index contributed by atoms with van der Waals surface area (Å²) in [5.41, 5.74) is 0.883. The van der Waals surface area contributed by atoms with Gasteiger partial charge in [0.05, 0.1) is 18.7 Å². The fraction of sp³-hybridized carbons (Fsp3) is 0.577. The molecule has 35 heavy (non-hydrogen) atoms. The Balaban J connectivity index is 1.52. The van der Waals surface area contributed by atoms with Crippen molar-refractivity contribution in [3.63, 3.8) is 0 Å². The Morgan fingerprint density at radius 3 is 2.60 bits per heavy atom. The first kappa shape index (κ1) is 27.1. The summed E-state index contributed by atoms with van der Waals surface area (Å²) in [6, 6.07) is 8.58. The topological polar surface area (TPSA) is 105 Å². The molecule has 2 amide bonds. The Morgan fingerprint density at radius 2 is 2.00 bits per heavy atom. The van der Waals surface area contributed by atoms with E-state index in [1.165, 1.54) is 0 Å². The van der Waals surface area contributed by atoms with E-state index in [2.05, 4.69) is 15.6 Å². The van der Waals surface area contributed by atoms with E-state index < -0.39 is 24.1 Å². The number of nitrogens with zero attached hydrogens (tertiary/aromatic N) is 2. The number of aromatic nitrogens is 2. The third kappa shape index (κ3) is 7.73. The van der Waals surface area contributed by atoms with Gasteiger partial charge in [0.1, 0.15) is 0 Å². The maximum Gasteiger partial charge on any atom is 0.407 e. The Kier molecular flexibility index (Phi) is 10.0. The van der Waals surface area contributed by atoms with E-state index >= 15 is 0 Å². The maximum absolute atomic E-state index is 12.7. The molecule has 3 atom stereocenters. The fourth-order valence-electron chi connectivity index (χ4n) is 4.17. The summed E-state index contributed by atoms with van der Waals surface area (Å²) >= 11 is 1.67. The van der Waals surface area contributed by atoms with Gasteiger partial charge in [0.2, 0.25) is 0 Å². The van der Waals surface area contributed by atoms with Gasteiger partial charge >= 0.3 is 6.09 Å². The van der Waals surface area contributed by atoms with Crippen molar-refractivity contribution < 1.29 is 19.4 Å². The number of benzene rings is 1. The van der Waals surface area contributed by atoms with Gasteiger partial charge in [0, 0.05) is 30.6 Å². The van der Waals surface area contributed by atoms with Crippen LogP contribution < -0.4 is 10.6 Å². The monoisotopic (exact) mass is 502 g/mol. The van der Waals surface area contributed by atoms with Crippen LogP contribution >= 0.6 is 11.8 Å². The summed E-state index contributed by atoms with van der Waals surface area (Å²) < 4.78 is 7.59. The third-order valence-corrected chi connectivity index (χ3v) is 8.10. The number of aryl methyl sites for hydroxylation is 1. The minimum Gasteiger partial charge on any atom is -0.449 e. The zero-order valence-electron chi connectivity index (χ0n) is 20.9. The van der Waals surface area contributed by atoms with Crippen LogP contribution in [-0.2, 0) is 16.6 Å². The van der Waals surface area contributed by atoms with Crippen LogP contribution in [0.2, 0.25) is 0 Å². The second-order valence-electron chi connectivity index (χ2n) is 9.52. The number of aliphatic hydroxyl groups excluding tert-OH is 1. The molecular formula is C26H38N4O4S. The van der Waals surface area contributed by atoms with Crippen molar-refractivity contribution in [1.82, 2.24) is 20.2 Å². The molecule has 0 aliphatic heterocycles. The van der Waals surface area contributed by atoms with E-state index in [1.54, 1.807) is 18.0 Å². The lowest BCUT2D eigenvalue weighted by Crippen LogP contribution is -2.51. The minimum atomic E-state index is -1.36. The van der Waals surface area contributed by atoms with E-state index in [1.807, 2.05) is 62.0 Å². The molecule has 3 N–H and O–H groups in total. The molecule has 1 fully saturated rings. The van der Waals surface area contributed by atoms with Crippen LogP contribution in [0.4, 0.5) is 4.79 Å². The van der Waals surface area contributed by atoms with E-state index in [0.29, 0.717) is 13.0 Å². The number of imidazole rings is 1. The van der Waals surface area contributed by atoms with Crippen molar-refractivity contribution in [1.29, 1.82) is 0 Å². The first-order chi connectivity index (χ1) is 16.8. The third-order valence-electron chi connectivity index (χ3n) is 6.69. The zero-order valence-corrected chi connectivity index (χ0v) is 21.7. The van der Waals surface area contributed by atoms with Crippen LogP contribution in [0.15, 0.2) is 47.9 Å². The number of carbonyl (C=O) groups is 2. The first-order valence-electron chi connectivity index (χ1n) is 12.4. The molecule has 1 aliphatic rings. The SMILES string of the molecule is CCCC[C@H](NC(=O)OCC1(CSc2nccn2C)CCC1)C(O)C(=O)N[C@H](C)c1ccccc1. The normalized spacial score (nSPS) is 17.0. The molecule has 0 saturated heterocycles. The molecule has 1 heterocycles. The number of aliphatic hydroxyl groups is 1. The van der Waals surface area contributed by atoms with Crippen molar-refractivity contribution in [3.05, 3.63) is 48.3 Å². The van der Waals surface area contributed by atoms with Crippen molar-refractivity contribution in [2.75, 3.05) is 12.4 Å². The molecule has 0 bridgehead atoms. The molecule has 8 nitrogen and oxygen atoms in total. The molecule has 9 heteroatoms. The maximum atomic E-state index is 12.7. The van der Waals surface area contributed by atoms with Crippen LogP contribution in [0, 0.1) is 5.41 Å². The molecule has 1 aliphatic carbocycles. The number of hydrogen-bond acceptors (Lipinski definition) is 6. The van der Waals surface area contributed by atoms with Crippen LogP contribution in [-0.4, -0.2) is 51.2 Å². The highest BCUT2D eigenvalue weighted by Crippen LogP contribution is 2.44. The highest BCUT2D eigenvalue weighted by molar-refractivity contribution is 7.99. The number of nitrogens with one attached hydrogen (secondary N) is 2. The zero-order chi connectivity index (χ0) is 25.3. The molecule has 3 rings (SSSR count). The molecule has 1 aromatic carbocycles. The summed E-state index contributed by atoms with van der Waals surface area (Å²) in [4.78, 5) is 29.8. The van der Waals surface area contributed by atoms with Gasteiger partial charge in [-0.25, -0.2) is 9.78 Å². The number of hydrogen-bond donors (Lipinski definition) is 3. The Bertz CT molecular complexity index is 948. The summed E-state index contributed by atoms with van der Waals surface area (Å²) in [6.45, 7) is 4.20.